The highest BCUT2D eigenvalue weighted by Gasteiger charge is 2.29. The molecule has 1 rings (SSSR count). The molecule has 25 heavy (non-hydrogen) atoms. The third kappa shape index (κ3) is 6.75. The number of rotatable bonds is 8. The molecule has 0 radical (unpaired) electrons. The minimum absolute atomic E-state index is 0.0182. The lowest BCUT2D eigenvalue weighted by atomic mass is 10.1. The van der Waals surface area contributed by atoms with Crippen LogP contribution in [0.4, 0.5) is 4.79 Å². The molecule has 7 N–H and O–H groups in total. The average molecular weight is 354 g/mol. The molecule has 138 valence electrons. The fraction of sp³-hybridized carbons (Fsp3) is 0.400. The fourth-order valence-electron chi connectivity index (χ4n) is 1.85. The molecular formula is C15H22N4O6. The second-order valence-corrected chi connectivity index (χ2v) is 5.18. The minimum atomic E-state index is -1.39. The van der Waals surface area contributed by atoms with Crippen LogP contribution in [0.15, 0.2) is 30.3 Å². The van der Waals surface area contributed by atoms with Crippen molar-refractivity contribution >= 4 is 17.9 Å². The highest BCUT2D eigenvalue weighted by molar-refractivity contribution is 5.91. The van der Waals surface area contributed by atoms with Gasteiger partial charge >= 0.3 is 6.09 Å². The summed E-state index contributed by atoms with van der Waals surface area (Å²) in [6.45, 7) is 0.550. The van der Waals surface area contributed by atoms with Crippen molar-refractivity contribution in [1.29, 1.82) is 0 Å². The Balaban J connectivity index is 2.61. The van der Waals surface area contributed by atoms with E-state index in [9.17, 15) is 19.5 Å². The first-order chi connectivity index (χ1) is 11.9. The Morgan fingerprint density at radius 3 is 2.32 bits per heavy atom. The van der Waals surface area contributed by atoms with Gasteiger partial charge in [0.15, 0.2) is 0 Å². The molecular weight excluding hydrogens is 332 g/mol. The molecule has 0 spiro atoms. The molecule has 0 aliphatic carbocycles. The van der Waals surface area contributed by atoms with Gasteiger partial charge in [0.25, 0.3) is 5.91 Å². The number of carbonyl (C=O) groups is 3. The number of hydrogen-bond acceptors (Lipinski definition) is 7. The van der Waals surface area contributed by atoms with E-state index in [-0.39, 0.29) is 6.61 Å². The molecule has 1 aromatic rings. The maximum absolute atomic E-state index is 12.1. The van der Waals surface area contributed by atoms with Gasteiger partial charge in [-0.2, -0.15) is 0 Å². The van der Waals surface area contributed by atoms with Gasteiger partial charge in [-0.1, -0.05) is 30.3 Å². The first-order valence-corrected chi connectivity index (χ1v) is 7.46. The number of benzene rings is 1. The summed E-state index contributed by atoms with van der Waals surface area (Å²) in [5, 5.41) is 23.1. The molecule has 10 heteroatoms. The van der Waals surface area contributed by atoms with Gasteiger partial charge in [0.05, 0.1) is 12.7 Å². The third-order valence-electron chi connectivity index (χ3n) is 3.21. The molecule has 0 heterocycles. The van der Waals surface area contributed by atoms with Crippen LogP contribution in [0.1, 0.15) is 12.5 Å². The zero-order chi connectivity index (χ0) is 18.8. The zero-order valence-corrected chi connectivity index (χ0v) is 13.6. The molecule has 0 saturated carbocycles. The van der Waals surface area contributed by atoms with Crippen molar-refractivity contribution in [1.82, 2.24) is 16.1 Å². The van der Waals surface area contributed by atoms with Crippen LogP contribution in [0.25, 0.3) is 0 Å². The molecule has 0 saturated heterocycles. The molecule has 0 aliphatic heterocycles. The monoisotopic (exact) mass is 354 g/mol. The van der Waals surface area contributed by atoms with E-state index < -0.39 is 42.7 Å². The Kier molecular flexibility index (Phi) is 8.33. The van der Waals surface area contributed by atoms with Crippen molar-refractivity contribution in [2.45, 2.75) is 31.7 Å². The normalized spacial score (nSPS) is 13.9. The maximum atomic E-state index is 12.1. The van der Waals surface area contributed by atoms with Crippen molar-refractivity contribution in [2.75, 3.05) is 6.61 Å². The van der Waals surface area contributed by atoms with Crippen LogP contribution in [-0.4, -0.2) is 52.9 Å². The number of aliphatic hydroxyl groups is 2. The van der Waals surface area contributed by atoms with Crippen LogP contribution in [-0.2, 0) is 20.9 Å². The Hall–Kier alpha value is -2.69. The summed E-state index contributed by atoms with van der Waals surface area (Å²) in [4.78, 5) is 35.3. The molecule has 0 bridgehead atoms. The van der Waals surface area contributed by atoms with E-state index in [1.165, 1.54) is 6.92 Å². The average Bonchev–Trinajstić information content (AvgIpc) is 2.62. The lowest BCUT2D eigenvalue weighted by Gasteiger charge is -2.23. The number of nitrogens with two attached hydrogens (primary N) is 1. The summed E-state index contributed by atoms with van der Waals surface area (Å²) < 4.78 is 4.97. The number of hydrogen-bond donors (Lipinski definition) is 6. The highest BCUT2D eigenvalue weighted by atomic mass is 16.5. The molecule has 10 nitrogen and oxygen atoms in total. The first kappa shape index (κ1) is 20.4. The van der Waals surface area contributed by atoms with E-state index in [1.807, 2.05) is 6.07 Å². The fourth-order valence-corrected chi connectivity index (χ4v) is 1.85. The zero-order valence-electron chi connectivity index (χ0n) is 13.6. The van der Waals surface area contributed by atoms with Crippen LogP contribution in [0.3, 0.4) is 0 Å². The van der Waals surface area contributed by atoms with E-state index >= 15 is 0 Å². The summed E-state index contributed by atoms with van der Waals surface area (Å²) >= 11 is 0. The quantitative estimate of drug-likeness (QED) is 0.181. The van der Waals surface area contributed by atoms with E-state index in [0.717, 1.165) is 5.56 Å². The van der Waals surface area contributed by atoms with Gasteiger partial charge in [0.2, 0.25) is 5.91 Å². The van der Waals surface area contributed by atoms with Gasteiger partial charge in [0, 0.05) is 0 Å². The van der Waals surface area contributed by atoms with Crippen LogP contribution >= 0.6 is 0 Å². The first-order valence-electron chi connectivity index (χ1n) is 7.46. The standard InChI is InChI=1S/C15H22N4O6/c1-9(21)12(14(23)17-11(7-20)13(22)19-16)18-15(24)25-8-10-5-3-2-4-6-10/h2-6,9,11-12,20-21H,7-8,16H2,1H3,(H,17,23)(H,18,24)(H,19,22)/t9-,11-,12+/m0/s1. The van der Waals surface area contributed by atoms with Crippen LogP contribution in [0.5, 0.6) is 0 Å². The van der Waals surface area contributed by atoms with Gasteiger partial charge in [-0.3, -0.25) is 15.0 Å². The third-order valence-corrected chi connectivity index (χ3v) is 3.21. The predicted octanol–water partition coefficient (Wildman–Crippen LogP) is -1.87. The summed E-state index contributed by atoms with van der Waals surface area (Å²) in [5.41, 5.74) is 2.53. The predicted molar refractivity (Wildman–Crippen MR) is 86.6 cm³/mol. The van der Waals surface area contributed by atoms with Crippen LogP contribution < -0.4 is 21.9 Å². The second-order valence-electron chi connectivity index (χ2n) is 5.18. The van der Waals surface area contributed by atoms with Gasteiger partial charge in [-0.25, -0.2) is 10.6 Å². The van der Waals surface area contributed by atoms with Crippen molar-refractivity contribution in [3.63, 3.8) is 0 Å². The van der Waals surface area contributed by atoms with Gasteiger partial charge in [0.1, 0.15) is 18.7 Å². The minimum Gasteiger partial charge on any atom is -0.445 e. The number of hydrazine groups is 1. The largest absolute Gasteiger partial charge is 0.445 e. The second kappa shape index (κ2) is 10.2. The van der Waals surface area contributed by atoms with Crippen molar-refractivity contribution in [3.05, 3.63) is 35.9 Å². The summed E-state index contributed by atoms with van der Waals surface area (Å²) in [6, 6.07) is 6.17. The van der Waals surface area contributed by atoms with E-state index in [2.05, 4.69) is 10.6 Å². The number of nitrogens with one attached hydrogen (secondary N) is 3. The van der Waals surface area contributed by atoms with Gasteiger partial charge < -0.3 is 25.6 Å². The molecule has 0 unspecified atom stereocenters. The Labute approximate surface area is 144 Å². The van der Waals surface area contributed by atoms with E-state index in [0.29, 0.717) is 0 Å². The summed E-state index contributed by atoms with van der Waals surface area (Å²) in [7, 11) is 0. The van der Waals surface area contributed by atoms with Crippen LogP contribution in [0.2, 0.25) is 0 Å². The van der Waals surface area contributed by atoms with Crippen LogP contribution in [0, 0.1) is 0 Å². The van der Waals surface area contributed by atoms with E-state index in [4.69, 9.17) is 15.7 Å². The number of alkyl carbamates (subject to hydrolysis) is 1. The maximum Gasteiger partial charge on any atom is 0.408 e. The van der Waals surface area contributed by atoms with Crippen molar-refractivity contribution in [3.8, 4) is 0 Å². The van der Waals surface area contributed by atoms with E-state index in [1.54, 1.807) is 29.7 Å². The Morgan fingerprint density at radius 1 is 1.16 bits per heavy atom. The Bertz CT molecular complexity index is 581. The smallest absolute Gasteiger partial charge is 0.408 e. The lowest BCUT2D eigenvalue weighted by Crippen LogP contribution is -2.58. The molecule has 3 atom stereocenters. The molecule has 1 aromatic carbocycles. The lowest BCUT2D eigenvalue weighted by molar-refractivity contribution is -0.132. The summed E-state index contributed by atoms with van der Waals surface area (Å²) in [6.07, 6.45) is -2.20. The number of aliphatic hydroxyl groups excluding tert-OH is 2. The molecule has 0 aromatic heterocycles. The molecule has 0 fully saturated rings. The SMILES string of the molecule is C[C@H](O)[C@@H](NC(=O)OCc1ccccc1)C(=O)N[C@@H](CO)C(=O)NN. The number of carbonyl (C=O) groups excluding carboxylic acids is 3. The van der Waals surface area contributed by atoms with Crippen molar-refractivity contribution < 1.29 is 29.3 Å². The Morgan fingerprint density at radius 2 is 1.80 bits per heavy atom. The van der Waals surface area contributed by atoms with Gasteiger partial charge in [-0.15, -0.1) is 0 Å². The molecule has 3 amide bonds. The topological polar surface area (TPSA) is 163 Å². The number of amides is 3. The highest BCUT2D eigenvalue weighted by Crippen LogP contribution is 2.02. The van der Waals surface area contributed by atoms with Gasteiger partial charge in [-0.05, 0) is 12.5 Å². The van der Waals surface area contributed by atoms with Crippen molar-refractivity contribution in [2.24, 2.45) is 5.84 Å². The number of ether oxygens (including phenoxy) is 1. The summed E-state index contributed by atoms with van der Waals surface area (Å²) in [5.74, 6) is 3.23. The molecule has 0 aliphatic rings.